The molecule has 6 rings (SSSR count). The largest absolute Gasteiger partial charge is 0.259 e. The van der Waals surface area contributed by atoms with Gasteiger partial charge in [-0.15, -0.1) is 11.3 Å². The van der Waals surface area contributed by atoms with Crippen LogP contribution in [-0.2, 0) is 12.7 Å². The quantitative estimate of drug-likeness (QED) is 0.312. The van der Waals surface area contributed by atoms with Crippen LogP contribution in [0, 0.1) is 11.6 Å². The topological polar surface area (TPSA) is 49.4 Å². The average Bonchev–Trinajstić information content (AvgIpc) is 3.68. The van der Waals surface area contributed by atoms with Gasteiger partial charge in [0, 0.05) is 49.8 Å². The van der Waals surface area contributed by atoms with Gasteiger partial charge in [-0.25, -0.2) is 8.78 Å². The molecule has 4 heterocycles. The lowest BCUT2D eigenvalue weighted by atomic mass is 9.28. The van der Waals surface area contributed by atoms with Crippen molar-refractivity contribution < 1.29 is 8.78 Å². The van der Waals surface area contributed by atoms with Gasteiger partial charge in [0.15, 0.2) is 0 Å². The molecule has 0 N–H and O–H groups in total. The molecule has 7 radical (unpaired) electrons. The predicted octanol–water partition coefficient (Wildman–Crippen LogP) is 0.753. The van der Waals surface area contributed by atoms with Gasteiger partial charge < -0.3 is 0 Å². The molecule has 0 aliphatic carbocycles. The Balaban J connectivity index is 1.43. The van der Waals surface area contributed by atoms with Crippen LogP contribution in [0.2, 0.25) is 0 Å². The van der Waals surface area contributed by atoms with Crippen molar-refractivity contribution in [3.63, 3.8) is 0 Å². The molecule has 37 heavy (non-hydrogen) atoms. The Morgan fingerprint density at radius 2 is 1.57 bits per heavy atom. The van der Waals surface area contributed by atoms with Crippen molar-refractivity contribution in [2.75, 3.05) is 13.3 Å². The highest BCUT2D eigenvalue weighted by molar-refractivity contribution is 7.37. The van der Waals surface area contributed by atoms with Gasteiger partial charge in [-0.05, 0) is 45.5 Å². The molecule has 0 unspecified atom stereocenters. The minimum Gasteiger partial charge on any atom is -0.259 e. The molecule has 0 atom stereocenters. The maximum absolute atomic E-state index is 15.6. The third kappa shape index (κ3) is 4.46. The molecule has 2 aliphatic rings. The number of nitrogens with zero attached hydrogens (tertiary/aromatic N) is 4. The average molecular weight is 515 g/mol. The number of fused-ring (bicyclic) bond motifs is 2. The normalized spacial score (nSPS) is 13.1. The summed E-state index contributed by atoms with van der Waals surface area (Å²) in [7, 11) is 15.9. The summed E-state index contributed by atoms with van der Waals surface area (Å²) < 4.78 is 32.1. The van der Waals surface area contributed by atoms with Crippen LogP contribution in [0.15, 0.2) is 56.4 Å². The van der Waals surface area contributed by atoms with E-state index in [9.17, 15) is 0 Å². The van der Waals surface area contributed by atoms with Crippen LogP contribution in [0.1, 0.15) is 16.0 Å². The van der Waals surface area contributed by atoms with E-state index in [2.05, 4.69) is 20.0 Å². The highest BCUT2D eigenvalue weighted by Crippen LogP contribution is 2.28. The Morgan fingerprint density at radius 1 is 0.811 bits per heavy atom. The zero-order valence-electron chi connectivity index (χ0n) is 19.5. The van der Waals surface area contributed by atoms with Crippen LogP contribution >= 0.6 is 22.7 Å². The second-order valence-electron chi connectivity index (χ2n) is 8.53. The highest BCUT2D eigenvalue weighted by atomic mass is 32.1. The van der Waals surface area contributed by atoms with Crippen molar-refractivity contribution in [1.29, 1.82) is 0 Å². The molecule has 2 aromatic carbocycles. The van der Waals surface area contributed by atoms with Crippen LogP contribution in [0.5, 0.6) is 0 Å². The first-order chi connectivity index (χ1) is 18.1. The van der Waals surface area contributed by atoms with Crippen LogP contribution < -0.4 is 26.2 Å². The Kier molecular flexibility index (Phi) is 6.75. The third-order valence-electron chi connectivity index (χ3n) is 6.29. The van der Waals surface area contributed by atoms with E-state index in [4.69, 9.17) is 15.5 Å². The Labute approximate surface area is 224 Å². The zero-order chi connectivity index (χ0) is 25.5. The summed E-state index contributed by atoms with van der Waals surface area (Å²) >= 11 is 2.97. The van der Waals surface area contributed by atoms with Gasteiger partial charge in [-0.1, -0.05) is 12.4 Å². The van der Waals surface area contributed by atoms with Crippen molar-refractivity contribution in [1.82, 2.24) is 0 Å². The molecular weight excluding hydrogens is 500 g/mol. The van der Waals surface area contributed by atoms with Gasteiger partial charge in [0.25, 0.3) is 0 Å². The van der Waals surface area contributed by atoms with Crippen molar-refractivity contribution in [3.8, 4) is 20.9 Å². The lowest BCUT2D eigenvalue weighted by molar-refractivity contribution is 0.608. The minimum atomic E-state index is -0.409. The molecule has 2 aromatic heterocycles. The second kappa shape index (κ2) is 10.2. The van der Waals surface area contributed by atoms with Gasteiger partial charge in [0.1, 0.15) is 32.1 Å². The van der Waals surface area contributed by atoms with Gasteiger partial charge in [-0.2, -0.15) is 11.3 Å². The predicted molar refractivity (Wildman–Crippen MR) is 149 cm³/mol. The fourth-order valence-electron chi connectivity index (χ4n) is 4.69. The number of rotatable bonds is 8. The van der Waals surface area contributed by atoms with Crippen molar-refractivity contribution in [2.45, 2.75) is 12.7 Å². The number of benzene rings is 2. The molecule has 4 aromatic rings. The lowest BCUT2D eigenvalue weighted by Crippen LogP contribution is -2.33. The van der Waals surface area contributed by atoms with Gasteiger partial charge in [0.2, 0.25) is 0 Å². The van der Waals surface area contributed by atoms with E-state index in [1.54, 1.807) is 14.3 Å². The maximum atomic E-state index is 15.6. The van der Waals surface area contributed by atoms with E-state index >= 15 is 8.78 Å². The monoisotopic (exact) mass is 515 g/mol. The van der Waals surface area contributed by atoms with E-state index in [-0.39, 0.29) is 19.8 Å². The van der Waals surface area contributed by atoms with Gasteiger partial charge >= 0.3 is 0 Å². The first-order valence-electron chi connectivity index (χ1n) is 11.6. The summed E-state index contributed by atoms with van der Waals surface area (Å²) in [6.45, 7) is 0.441. The summed E-state index contributed by atoms with van der Waals surface area (Å²) in [5.74, 6) is -0.817. The number of hydrogen-bond donors (Lipinski definition) is 0. The number of hydrogen-bond acceptors (Lipinski definition) is 6. The molecular formula is C24H14B5F2N4S2. The number of halogens is 2. The molecule has 0 spiro atoms. The van der Waals surface area contributed by atoms with E-state index in [1.165, 1.54) is 41.9 Å². The Bertz CT molecular complexity index is 1790. The summed E-state index contributed by atoms with van der Waals surface area (Å²) in [6, 6.07) is 10.6. The first kappa shape index (κ1) is 24.6. The standard InChI is InChI=1S/C24H14B5F2N4S2/c25-27-8-12-1-2-18(36-12)20-16(31)6-11(21-24(20)35-9-32-21)5-13-15(30)7-14(23-22(13)33-10-34-23)17-3-4-19(37-17)28-29-26/h1-4,6-7H,5,8-10H2. The van der Waals surface area contributed by atoms with Crippen LogP contribution in [0.3, 0.4) is 0 Å². The van der Waals surface area contributed by atoms with Gasteiger partial charge in [0.05, 0.1) is 34.2 Å². The van der Waals surface area contributed by atoms with Gasteiger partial charge in [-0.3, -0.25) is 20.0 Å². The summed E-state index contributed by atoms with van der Waals surface area (Å²) in [5.41, 5.74) is 2.07. The zero-order valence-corrected chi connectivity index (χ0v) is 21.2. The lowest BCUT2D eigenvalue weighted by Gasteiger charge is -2.09. The molecule has 13 heteroatoms. The molecule has 0 bridgehead atoms. The fraction of sp³-hybridized carbons (Fsp3) is 0.167. The van der Waals surface area contributed by atoms with E-state index in [1.807, 2.05) is 24.3 Å². The molecule has 171 valence electrons. The molecule has 2 aliphatic heterocycles. The highest BCUT2D eigenvalue weighted by Gasteiger charge is 2.21. The molecule has 0 saturated heterocycles. The van der Waals surface area contributed by atoms with E-state index in [0.29, 0.717) is 50.0 Å². The molecule has 0 saturated carbocycles. The molecule has 0 fully saturated rings. The van der Waals surface area contributed by atoms with Crippen molar-refractivity contribution >= 4 is 64.3 Å². The number of thiophene rings is 2. The van der Waals surface area contributed by atoms with Crippen LogP contribution in [0.25, 0.3) is 20.9 Å². The molecule has 0 amide bonds. The SMILES string of the molecule is [B][B][B]c1ccc(-c2cc(F)c(Cc3cc(F)c(-c4ccc(C[B][B])s4)c4c3=NCN=4)c3c2=NCN=3)s1. The third-order valence-corrected chi connectivity index (χ3v) is 8.50. The summed E-state index contributed by atoms with van der Waals surface area (Å²) in [4.78, 5) is 20.7. The van der Waals surface area contributed by atoms with E-state index in [0.717, 1.165) is 19.4 Å². The van der Waals surface area contributed by atoms with Crippen molar-refractivity contribution in [3.05, 3.63) is 85.5 Å². The maximum Gasteiger partial charge on any atom is 0.134 e. The van der Waals surface area contributed by atoms with Crippen LogP contribution in [-0.4, -0.2) is 50.2 Å². The van der Waals surface area contributed by atoms with Crippen molar-refractivity contribution in [2.24, 2.45) is 20.0 Å². The Morgan fingerprint density at radius 3 is 2.38 bits per heavy atom. The summed E-state index contributed by atoms with van der Waals surface area (Å²) in [5, 5.41) is 2.27. The Hall–Kier alpha value is -2.78. The smallest absolute Gasteiger partial charge is 0.134 e. The van der Waals surface area contributed by atoms with E-state index < -0.39 is 11.6 Å². The fourth-order valence-corrected chi connectivity index (χ4v) is 6.66. The minimum absolute atomic E-state index is 0.134. The summed E-state index contributed by atoms with van der Waals surface area (Å²) in [6.07, 6.45) is 0.745. The molecule has 4 nitrogen and oxygen atoms in total. The van der Waals surface area contributed by atoms with Crippen LogP contribution in [0.4, 0.5) is 8.78 Å². The second-order valence-corrected chi connectivity index (χ2v) is 10.8. The first-order valence-corrected chi connectivity index (χ1v) is 13.2.